The van der Waals surface area contributed by atoms with Gasteiger partial charge >= 0.3 is 0 Å². The molecule has 1 aliphatic rings. The van der Waals surface area contributed by atoms with Gasteiger partial charge < -0.3 is 20.1 Å². The topological polar surface area (TPSA) is 90.3 Å². The molecule has 0 saturated carbocycles. The SMILES string of the molecule is CCCCCOc1ccc(C2C(C(=O)Nc3cccc(C)c3C)=C(C)Nc3nc(SCc4ccccc4Cl)nn32)cc1OC. The first-order valence-corrected chi connectivity index (χ1v) is 16.2. The number of benzene rings is 3. The first-order valence-electron chi connectivity index (χ1n) is 14.8. The number of anilines is 2. The molecule has 3 aromatic carbocycles. The molecule has 1 aromatic heterocycles. The number of nitrogens with zero attached hydrogens (tertiary/aromatic N) is 3. The number of aromatic nitrogens is 3. The van der Waals surface area contributed by atoms with Crippen molar-refractivity contribution >= 4 is 40.9 Å². The zero-order valence-electron chi connectivity index (χ0n) is 25.7. The number of allylic oxidation sites excluding steroid dienone is 1. The first-order chi connectivity index (χ1) is 21.3. The second-order valence-corrected chi connectivity index (χ2v) is 12.1. The lowest BCUT2D eigenvalue weighted by molar-refractivity contribution is -0.113. The summed E-state index contributed by atoms with van der Waals surface area (Å²) in [6.07, 6.45) is 3.19. The first kappa shape index (κ1) is 31.5. The van der Waals surface area contributed by atoms with Crippen LogP contribution in [0, 0.1) is 13.8 Å². The molecule has 1 unspecified atom stereocenters. The number of unbranched alkanes of at least 4 members (excludes halogenated alkanes) is 2. The molecule has 44 heavy (non-hydrogen) atoms. The molecule has 2 N–H and O–H groups in total. The van der Waals surface area contributed by atoms with Crippen molar-refractivity contribution in [2.45, 2.75) is 63.9 Å². The standard InChI is InChI=1S/C34H38ClN5O3S/c1-6-7-10-18-43-28-17-16-24(19-29(28)42-5)31-30(32(41)37-27-15-11-12-21(2)22(27)3)23(4)36-33-38-34(39-40(31)33)44-20-25-13-8-9-14-26(25)35/h8-9,11-17,19,31H,6-7,10,18,20H2,1-5H3,(H,37,41)(H,36,38,39). The van der Waals surface area contributed by atoms with E-state index in [-0.39, 0.29) is 5.91 Å². The van der Waals surface area contributed by atoms with Gasteiger partial charge in [0, 0.05) is 22.2 Å². The minimum Gasteiger partial charge on any atom is -0.493 e. The average molecular weight is 632 g/mol. The third kappa shape index (κ3) is 6.89. The monoisotopic (exact) mass is 631 g/mol. The van der Waals surface area contributed by atoms with Crippen LogP contribution in [0.15, 0.2) is 77.1 Å². The number of nitrogens with one attached hydrogen (secondary N) is 2. The Morgan fingerprint density at radius 3 is 2.66 bits per heavy atom. The van der Waals surface area contributed by atoms with Gasteiger partial charge in [0.05, 0.1) is 19.3 Å². The van der Waals surface area contributed by atoms with Gasteiger partial charge in [0.15, 0.2) is 11.5 Å². The molecule has 10 heteroatoms. The molecule has 8 nitrogen and oxygen atoms in total. The quantitative estimate of drug-likeness (QED) is 0.120. The van der Waals surface area contributed by atoms with Gasteiger partial charge in [-0.1, -0.05) is 79.5 Å². The molecule has 2 heterocycles. The predicted molar refractivity (Wildman–Crippen MR) is 178 cm³/mol. The van der Waals surface area contributed by atoms with Crippen LogP contribution < -0.4 is 20.1 Å². The predicted octanol–water partition coefficient (Wildman–Crippen LogP) is 8.35. The summed E-state index contributed by atoms with van der Waals surface area (Å²) in [5, 5.41) is 12.6. The van der Waals surface area contributed by atoms with Crippen molar-refractivity contribution in [1.82, 2.24) is 14.8 Å². The highest BCUT2D eigenvalue weighted by molar-refractivity contribution is 7.98. The van der Waals surface area contributed by atoms with E-state index in [2.05, 4.69) is 17.6 Å². The van der Waals surface area contributed by atoms with E-state index >= 15 is 0 Å². The van der Waals surface area contributed by atoms with E-state index in [1.807, 2.05) is 81.4 Å². The van der Waals surface area contributed by atoms with Crippen LogP contribution in [0.5, 0.6) is 11.5 Å². The van der Waals surface area contributed by atoms with Crippen molar-refractivity contribution in [2.75, 3.05) is 24.4 Å². The number of hydrogen-bond donors (Lipinski definition) is 2. The fourth-order valence-electron chi connectivity index (χ4n) is 5.14. The molecule has 5 rings (SSSR count). The third-order valence-electron chi connectivity index (χ3n) is 7.75. The molecule has 0 radical (unpaired) electrons. The summed E-state index contributed by atoms with van der Waals surface area (Å²) in [6, 6.07) is 18.9. The van der Waals surface area contributed by atoms with Gasteiger partial charge in [-0.3, -0.25) is 4.79 Å². The highest BCUT2D eigenvalue weighted by atomic mass is 35.5. The molecule has 230 valence electrons. The Kier molecular flexibility index (Phi) is 10.2. The fraction of sp³-hybridized carbons (Fsp3) is 0.324. The maximum atomic E-state index is 14.1. The van der Waals surface area contributed by atoms with E-state index in [1.165, 1.54) is 11.8 Å². The Balaban J connectivity index is 1.51. The summed E-state index contributed by atoms with van der Waals surface area (Å²) >= 11 is 7.89. The highest BCUT2D eigenvalue weighted by Crippen LogP contribution is 2.40. The highest BCUT2D eigenvalue weighted by Gasteiger charge is 2.35. The second kappa shape index (κ2) is 14.2. The van der Waals surface area contributed by atoms with Gasteiger partial charge in [-0.2, -0.15) is 4.98 Å². The zero-order chi connectivity index (χ0) is 31.2. The summed E-state index contributed by atoms with van der Waals surface area (Å²) in [6.45, 7) is 8.70. The lowest BCUT2D eigenvalue weighted by atomic mass is 9.94. The summed E-state index contributed by atoms with van der Waals surface area (Å²) in [4.78, 5) is 18.9. The Morgan fingerprint density at radius 2 is 1.89 bits per heavy atom. The molecular formula is C34H38ClN5O3S. The van der Waals surface area contributed by atoms with Crippen molar-refractivity contribution in [3.8, 4) is 11.5 Å². The van der Waals surface area contributed by atoms with Crippen LogP contribution in [0.1, 0.15) is 61.4 Å². The molecule has 0 bridgehead atoms. The Morgan fingerprint density at radius 1 is 1.07 bits per heavy atom. The zero-order valence-corrected chi connectivity index (χ0v) is 27.3. The number of hydrogen-bond acceptors (Lipinski definition) is 7. The molecule has 4 aromatic rings. The number of carbonyl (C=O) groups is 1. The van der Waals surface area contributed by atoms with Crippen LogP contribution in [0.25, 0.3) is 0 Å². The number of rotatable bonds is 12. The molecule has 0 spiro atoms. The lowest BCUT2D eigenvalue weighted by Gasteiger charge is -2.29. The molecule has 0 aliphatic carbocycles. The minimum atomic E-state index is -0.568. The van der Waals surface area contributed by atoms with Gasteiger partial charge in [-0.15, -0.1) is 5.10 Å². The van der Waals surface area contributed by atoms with E-state index in [0.717, 1.165) is 47.2 Å². The maximum absolute atomic E-state index is 14.1. The Bertz CT molecular complexity index is 1690. The summed E-state index contributed by atoms with van der Waals surface area (Å²) < 4.78 is 13.6. The number of thioether (sulfide) groups is 1. The van der Waals surface area contributed by atoms with Gasteiger partial charge in [0.25, 0.3) is 5.91 Å². The Hall–Kier alpha value is -3.95. The van der Waals surface area contributed by atoms with E-state index < -0.39 is 6.04 Å². The lowest BCUT2D eigenvalue weighted by Crippen LogP contribution is -2.31. The van der Waals surface area contributed by atoms with Gasteiger partial charge in [-0.05, 0) is 73.7 Å². The van der Waals surface area contributed by atoms with Crippen LogP contribution in [0.2, 0.25) is 5.02 Å². The molecule has 0 saturated heterocycles. The number of carbonyl (C=O) groups excluding carboxylic acids is 1. The average Bonchev–Trinajstić information content (AvgIpc) is 3.42. The van der Waals surface area contributed by atoms with Crippen LogP contribution in [0.4, 0.5) is 11.6 Å². The number of fused-ring (bicyclic) bond motifs is 1. The smallest absolute Gasteiger partial charge is 0.255 e. The number of aryl methyl sites for hydroxylation is 1. The normalized spacial score (nSPS) is 14.2. The molecule has 0 fully saturated rings. The van der Waals surface area contributed by atoms with Crippen molar-refractivity contribution in [3.63, 3.8) is 0 Å². The van der Waals surface area contributed by atoms with Crippen LogP contribution in [0.3, 0.4) is 0 Å². The molecule has 1 aliphatic heterocycles. The van der Waals surface area contributed by atoms with Crippen molar-refractivity contribution in [2.24, 2.45) is 0 Å². The number of ether oxygens (including phenoxy) is 2. The van der Waals surface area contributed by atoms with Gasteiger partial charge in [-0.25, -0.2) is 4.68 Å². The second-order valence-electron chi connectivity index (χ2n) is 10.8. The minimum absolute atomic E-state index is 0.223. The van der Waals surface area contributed by atoms with Crippen LogP contribution in [-0.4, -0.2) is 34.4 Å². The number of amides is 1. The van der Waals surface area contributed by atoms with Gasteiger partial charge in [0.2, 0.25) is 11.1 Å². The molecular weight excluding hydrogens is 594 g/mol. The summed E-state index contributed by atoms with van der Waals surface area (Å²) in [5.41, 5.74) is 5.93. The van der Waals surface area contributed by atoms with Crippen molar-refractivity contribution in [1.29, 1.82) is 0 Å². The van der Waals surface area contributed by atoms with Crippen LogP contribution >= 0.6 is 23.4 Å². The summed E-state index contributed by atoms with van der Waals surface area (Å²) in [7, 11) is 1.63. The van der Waals surface area contributed by atoms with Crippen molar-refractivity contribution < 1.29 is 14.3 Å². The Labute approximate surface area is 268 Å². The van der Waals surface area contributed by atoms with E-state index in [4.69, 9.17) is 31.2 Å². The largest absolute Gasteiger partial charge is 0.493 e. The number of halogens is 1. The van der Waals surface area contributed by atoms with E-state index in [1.54, 1.807) is 11.8 Å². The van der Waals surface area contributed by atoms with Crippen molar-refractivity contribution in [3.05, 3.63) is 99.2 Å². The fourth-order valence-corrected chi connectivity index (χ4v) is 6.25. The third-order valence-corrected chi connectivity index (χ3v) is 9.01. The van der Waals surface area contributed by atoms with E-state index in [0.29, 0.717) is 51.3 Å². The maximum Gasteiger partial charge on any atom is 0.255 e. The number of methoxy groups -OCH3 is 1. The molecule has 1 atom stereocenters. The summed E-state index contributed by atoms with van der Waals surface area (Å²) in [5.74, 6) is 2.20. The molecule has 1 amide bonds. The van der Waals surface area contributed by atoms with E-state index in [9.17, 15) is 4.79 Å². The van der Waals surface area contributed by atoms with Crippen LogP contribution in [-0.2, 0) is 10.5 Å². The van der Waals surface area contributed by atoms with Gasteiger partial charge in [0.1, 0.15) is 6.04 Å².